The van der Waals surface area contributed by atoms with Gasteiger partial charge in [0.1, 0.15) is 22.7 Å². The molecule has 0 spiro atoms. The summed E-state index contributed by atoms with van der Waals surface area (Å²) in [5.41, 5.74) is 0.0668. The van der Waals surface area contributed by atoms with E-state index in [1.807, 2.05) is 6.92 Å². The van der Waals surface area contributed by atoms with E-state index in [4.69, 9.17) is 9.47 Å². The third kappa shape index (κ3) is 5.33. The predicted octanol–water partition coefficient (Wildman–Crippen LogP) is 4.73. The molecule has 180 valence electrons. The normalized spacial score (nSPS) is 16.9. The Labute approximate surface area is 196 Å². The van der Waals surface area contributed by atoms with Gasteiger partial charge in [0.2, 0.25) is 5.82 Å². The quantitative estimate of drug-likeness (QED) is 0.497. The number of aryl methyl sites for hydroxylation is 1. The van der Waals surface area contributed by atoms with Gasteiger partial charge in [-0.25, -0.2) is 19.3 Å². The summed E-state index contributed by atoms with van der Waals surface area (Å²) < 4.78 is 64.7. The van der Waals surface area contributed by atoms with Crippen LogP contribution in [0.15, 0.2) is 30.7 Å². The van der Waals surface area contributed by atoms with E-state index < -0.39 is 29.8 Å². The Balaban J connectivity index is 1.61. The van der Waals surface area contributed by atoms with Crippen LogP contribution in [0.5, 0.6) is 5.75 Å². The molecule has 7 nitrogen and oxygen atoms in total. The minimum Gasteiger partial charge on any atom is -0.488 e. The molecule has 34 heavy (non-hydrogen) atoms. The number of nitrogens with one attached hydrogen (secondary N) is 1. The minimum atomic E-state index is -4.68. The number of hydrogen-bond donors (Lipinski definition) is 1. The number of carbonyl (C=O) groups excluding carboxylic acids is 1. The van der Waals surface area contributed by atoms with Gasteiger partial charge < -0.3 is 14.8 Å². The second-order valence-corrected chi connectivity index (χ2v) is 8.98. The van der Waals surface area contributed by atoms with Gasteiger partial charge in [0.15, 0.2) is 0 Å². The Hall–Kier alpha value is -3.12. The summed E-state index contributed by atoms with van der Waals surface area (Å²) in [5.74, 6) is -2.55. The van der Waals surface area contributed by atoms with Crippen LogP contribution < -0.4 is 10.1 Å². The number of benzene rings is 1. The van der Waals surface area contributed by atoms with Crippen molar-refractivity contribution in [1.29, 1.82) is 0 Å². The van der Waals surface area contributed by atoms with Crippen LogP contribution in [-0.4, -0.2) is 40.2 Å². The van der Waals surface area contributed by atoms with Gasteiger partial charge in [0.25, 0.3) is 5.91 Å². The fourth-order valence-electron chi connectivity index (χ4n) is 3.33. The predicted molar refractivity (Wildman–Crippen MR) is 115 cm³/mol. The fraction of sp³-hybridized carbons (Fsp3) is 0.364. The van der Waals surface area contributed by atoms with Crippen molar-refractivity contribution in [2.45, 2.75) is 38.6 Å². The molecule has 2 aromatic heterocycles. The Morgan fingerprint density at radius 1 is 1.24 bits per heavy atom. The van der Waals surface area contributed by atoms with E-state index >= 15 is 4.39 Å². The van der Waals surface area contributed by atoms with E-state index in [0.717, 1.165) is 17.3 Å². The first kappa shape index (κ1) is 24.0. The van der Waals surface area contributed by atoms with Gasteiger partial charge in [-0.1, -0.05) is 0 Å². The molecule has 3 heterocycles. The monoisotopic (exact) mass is 496 g/mol. The zero-order chi connectivity index (χ0) is 24.5. The minimum absolute atomic E-state index is 0.116. The average Bonchev–Trinajstić information content (AvgIpc) is 3.46. The third-order valence-corrected chi connectivity index (χ3v) is 6.05. The summed E-state index contributed by atoms with van der Waals surface area (Å²) in [6.07, 6.45) is -0.694. The van der Waals surface area contributed by atoms with Crippen molar-refractivity contribution >= 4 is 17.2 Å². The first-order valence-electron chi connectivity index (χ1n) is 10.3. The highest BCUT2D eigenvalue weighted by Crippen LogP contribution is 2.34. The van der Waals surface area contributed by atoms with Crippen LogP contribution in [0.4, 0.5) is 17.6 Å². The van der Waals surface area contributed by atoms with Crippen LogP contribution in [-0.2, 0) is 10.9 Å². The number of thiazole rings is 1. The summed E-state index contributed by atoms with van der Waals surface area (Å²) in [4.78, 5) is 24.7. The number of amides is 1. The summed E-state index contributed by atoms with van der Waals surface area (Å²) in [6.45, 7) is 4.29. The molecule has 1 fully saturated rings. The van der Waals surface area contributed by atoms with Gasteiger partial charge in [-0.2, -0.15) is 13.2 Å². The fourth-order valence-corrected chi connectivity index (χ4v) is 4.10. The molecule has 1 aliphatic heterocycles. The molecule has 1 saturated heterocycles. The van der Waals surface area contributed by atoms with Gasteiger partial charge in [0, 0.05) is 35.5 Å². The lowest BCUT2D eigenvalue weighted by Gasteiger charge is -2.17. The van der Waals surface area contributed by atoms with Crippen molar-refractivity contribution in [3.05, 3.63) is 58.4 Å². The third-order valence-electron chi connectivity index (χ3n) is 5.11. The summed E-state index contributed by atoms with van der Waals surface area (Å²) >= 11 is 1.27. The molecule has 3 aromatic rings. The van der Waals surface area contributed by atoms with Gasteiger partial charge in [0.05, 0.1) is 30.4 Å². The summed E-state index contributed by atoms with van der Waals surface area (Å²) in [7, 11) is 0. The van der Waals surface area contributed by atoms with Crippen LogP contribution in [0.3, 0.4) is 0 Å². The second kappa shape index (κ2) is 9.63. The molecule has 1 aromatic carbocycles. The van der Waals surface area contributed by atoms with Crippen molar-refractivity contribution < 1.29 is 31.8 Å². The lowest BCUT2D eigenvalue weighted by Crippen LogP contribution is -2.28. The summed E-state index contributed by atoms with van der Waals surface area (Å²) in [6, 6.07) is 2.01. The maximum absolute atomic E-state index is 15.4. The maximum Gasteiger partial charge on any atom is 0.451 e. The van der Waals surface area contributed by atoms with Crippen LogP contribution in [0, 0.1) is 12.7 Å². The molecule has 4 rings (SSSR count). The molecule has 0 saturated carbocycles. The van der Waals surface area contributed by atoms with E-state index in [1.165, 1.54) is 30.4 Å². The van der Waals surface area contributed by atoms with Crippen molar-refractivity contribution in [3.8, 4) is 16.3 Å². The van der Waals surface area contributed by atoms with E-state index in [2.05, 4.69) is 20.3 Å². The zero-order valence-electron chi connectivity index (χ0n) is 18.1. The second-order valence-electron chi connectivity index (χ2n) is 7.74. The molecule has 1 N–H and O–H groups in total. The van der Waals surface area contributed by atoms with Crippen LogP contribution in [0.1, 0.15) is 46.0 Å². The number of halogens is 4. The van der Waals surface area contributed by atoms with Gasteiger partial charge in [-0.3, -0.25) is 4.79 Å². The van der Waals surface area contributed by atoms with E-state index in [9.17, 15) is 18.0 Å². The van der Waals surface area contributed by atoms with Gasteiger partial charge in [-0.15, -0.1) is 11.3 Å². The van der Waals surface area contributed by atoms with Crippen LogP contribution >= 0.6 is 11.3 Å². The standard InChI is InChI=1S/C22H20F4N4O3S/c1-11-7-27-20(34-11)17-6-15(33-14-3-4-32-10-14)5-16(18(17)23)19(31)30-12(2)13-8-28-21(29-9-13)22(24,25)26/h5-9,12,14H,3-4,10H2,1-2H3,(H,30,31)/t12-,14?/m1/s1. The van der Waals surface area contributed by atoms with Crippen LogP contribution in [0.2, 0.25) is 0 Å². The lowest BCUT2D eigenvalue weighted by molar-refractivity contribution is -0.145. The van der Waals surface area contributed by atoms with E-state index in [1.54, 1.807) is 6.20 Å². The number of nitrogens with zero attached hydrogens (tertiary/aromatic N) is 3. The van der Waals surface area contributed by atoms with Crippen molar-refractivity contribution in [2.75, 3.05) is 13.2 Å². The van der Waals surface area contributed by atoms with Crippen molar-refractivity contribution in [2.24, 2.45) is 0 Å². The van der Waals surface area contributed by atoms with Gasteiger partial charge in [-0.05, 0) is 26.0 Å². The molecule has 12 heteroatoms. The van der Waals surface area contributed by atoms with Crippen molar-refractivity contribution in [1.82, 2.24) is 20.3 Å². The molecule has 0 radical (unpaired) electrons. The number of ether oxygens (including phenoxy) is 2. The van der Waals surface area contributed by atoms with Crippen molar-refractivity contribution in [3.63, 3.8) is 0 Å². The van der Waals surface area contributed by atoms with Crippen LogP contribution in [0.25, 0.3) is 10.6 Å². The Bertz CT molecular complexity index is 1180. The molecule has 1 amide bonds. The Morgan fingerprint density at radius 2 is 1.97 bits per heavy atom. The highest BCUT2D eigenvalue weighted by atomic mass is 32.1. The SMILES string of the molecule is Cc1cnc(-c2cc(OC3CCOC3)cc(C(=O)N[C@H](C)c3cnc(C(F)(F)F)nc3)c2F)s1. The lowest BCUT2D eigenvalue weighted by atomic mass is 10.1. The molecule has 0 aliphatic carbocycles. The zero-order valence-corrected chi connectivity index (χ0v) is 19.0. The molecular formula is C22H20F4N4O3S. The highest BCUT2D eigenvalue weighted by Gasteiger charge is 2.34. The number of rotatable bonds is 6. The first-order chi connectivity index (χ1) is 16.1. The molecular weight excluding hydrogens is 476 g/mol. The Morgan fingerprint density at radius 3 is 2.56 bits per heavy atom. The first-order valence-corrected chi connectivity index (χ1v) is 11.1. The molecule has 2 atom stereocenters. The number of aromatic nitrogens is 3. The maximum atomic E-state index is 15.4. The number of carbonyl (C=O) groups is 1. The Kier molecular flexibility index (Phi) is 6.80. The van der Waals surface area contributed by atoms with E-state index in [-0.39, 0.29) is 28.5 Å². The highest BCUT2D eigenvalue weighted by molar-refractivity contribution is 7.14. The average molecular weight is 496 g/mol. The topological polar surface area (TPSA) is 86.2 Å². The smallest absolute Gasteiger partial charge is 0.451 e. The largest absolute Gasteiger partial charge is 0.488 e. The van der Waals surface area contributed by atoms with E-state index in [0.29, 0.717) is 24.6 Å². The number of alkyl halides is 3. The molecule has 1 aliphatic rings. The number of hydrogen-bond acceptors (Lipinski definition) is 7. The summed E-state index contributed by atoms with van der Waals surface area (Å²) in [5, 5.41) is 2.97. The molecule has 1 unspecified atom stereocenters. The van der Waals surface area contributed by atoms with Gasteiger partial charge >= 0.3 is 6.18 Å². The molecule has 0 bridgehead atoms.